The van der Waals surface area contributed by atoms with Gasteiger partial charge in [0.15, 0.2) is 0 Å². The maximum absolute atomic E-state index is 10.6. The van der Waals surface area contributed by atoms with E-state index >= 15 is 0 Å². The van der Waals surface area contributed by atoms with Crippen molar-refractivity contribution in [3.8, 4) is 0 Å². The summed E-state index contributed by atoms with van der Waals surface area (Å²) < 4.78 is 0. The molecule has 1 aliphatic rings. The molecule has 104 valence electrons. The third kappa shape index (κ3) is 2.64. The molecule has 3 rings (SSSR count). The predicted molar refractivity (Wildman–Crippen MR) is 83.1 cm³/mol. The molecule has 2 aromatic carbocycles. The van der Waals surface area contributed by atoms with Gasteiger partial charge in [-0.1, -0.05) is 53.6 Å². The van der Waals surface area contributed by atoms with Crippen molar-refractivity contribution < 1.29 is 5.11 Å². The highest BCUT2D eigenvalue weighted by Gasteiger charge is 2.28. The van der Waals surface area contributed by atoms with Gasteiger partial charge < -0.3 is 5.11 Å². The molecule has 2 aromatic rings. The standard InChI is InChI=1S/C19H22O/c1-13-9-14(2)11-15(10-13)12-19(20)18-8-7-16-5-3-4-6-17(16)18/h3-6,9-11,18-20H,7-8,12H2,1-2H3. The van der Waals surface area contributed by atoms with Crippen LogP contribution in [0.15, 0.2) is 42.5 Å². The smallest absolute Gasteiger partial charge is 0.0649 e. The largest absolute Gasteiger partial charge is 0.392 e. The molecule has 2 unspecified atom stereocenters. The molecular weight excluding hydrogens is 244 g/mol. The summed E-state index contributed by atoms with van der Waals surface area (Å²) in [5, 5.41) is 10.6. The van der Waals surface area contributed by atoms with E-state index in [9.17, 15) is 5.11 Å². The lowest BCUT2D eigenvalue weighted by atomic mass is 9.90. The first-order valence-electron chi connectivity index (χ1n) is 7.46. The van der Waals surface area contributed by atoms with Crippen molar-refractivity contribution in [3.63, 3.8) is 0 Å². The van der Waals surface area contributed by atoms with Gasteiger partial charge in [0.2, 0.25) is 0 Å². The van der Waals surface area contributed by atoms with Crippen LogP contribution in [0, 0.1) is 13.8 Å². The zero-order valence-electron chi connectivity index (χ0n) is 12.3. The van der Waals surface area contributed by atoms with Crippen LogP contribution in [0.1, 0.15) is 40.2 Å². The number of hydrogen-bond acceptors (Lipinski definition) is 1. The van der Waals surface area contributed by atoms with Crippen LogP contribution in [0.2, 0.25) is 0 Å². The molecule has 0 amide bonds. The molecular formula is C19H22O. The van der Waals surface area contributed by atoms with E-state index in [0.29, 0.717) is 5.92 Å². The zero-order chi connectivity index (χ0) is 14.1. The van der Waals surface area contributed by atoms with Crippen molar-refractivity contribution in [1.82, 2.24) is 0 Å². The Hall–Kier alpha value is -1.60. The summed E-state index contributed by atoms with van der Waals surface area (Å²) in [4.78, 5) is 0. The molecule has 0 saturated heterocycles. The second-order valence-corrected chi connectivity index (χ2v) is 6.11. The number of aliphatic hydroxyl groups excluding tert-OH is 1. The molecule has 2 atom stereocenters. The molecule has 20 heavy (non-hydrogen) atoms. The van der Waals surface area contributed by atoms with Gasteiger partial charge in [-0.15, -0.1) is 0 Å². The molecule has 1 N–H and O–H groups in total. The van der Waals surface area contributed by atoms with Crippen molar-refractivity contribution in [2.45, 2.75) is 45.1 Å². The molecule has 0 fully saturated rings. The van der Waals surface area contributed by atoms with Gasteiger partial charge in [0.1, 0.15) is 0 Å². The van der Waals surface area contributed by atoms with Gasteiger partial charge in [-0.25, -0.2) is 0 Å². The van der Waals surface area contributed by atoms with Crippen molar-refractivity contribution in [3.05, 3.63) is 70.3 Å². The topological polar surface area (TPSA) is 20.2 Å². The highest BCUT2D eigenvalue weighted by Crippen LogP contribution is 2.36. The predicted octanol–water partition coefficient (Wildman–Crippen LogP) is 3.94. The third-order valence-electron chi connectivity index (χ3n) is 4.37. The van der Waals surface area contributed by atoms with E-state index in [2.05, 4.69) is 56.3 Å². The highest BCUT2D eigenvalue weighted by molar-refractivity contribution is 5.36. The van der Waals surface area contributed by atoms with E-state index < -0.39 is 0 Å². The van der Waals surface area contributed by atoms with E-state index in [1.54, 1.807) is 0 Å². The summed E-state index contributed by atoms with van der Waals surface area (Å²) in [6, 6.07) is 15.1. The van der Waals surface area contributed by atoms with Crippen LogP contribution in [-0.2, 0) is 12.8 Å². The molecule has 0 heterocycles. The Morgan fingerprint density at radius 3 is 2.55 bits per heavy atom. The Kier molecular flexibility index (Phi) is 3.62. The first-order valence-corrected chi connectivity index (χ1v) is 7.46. The van der Waals surface area contributed by atoms with E-state index in [-0.39, 0.29) is 6.10 Å². The second kappa shape index (κ2) is 5.41. The number of aliphatic hydroxyl groups is 1. The molecule has 0 radical (unpaired) electrons. The van der Waals surface area contributed by atoms with Crippen LogP contribution < -0.4 is 0 Å². The molecule has 0 aromatic heterocycles. The fourth-order valence-electron chi connectivity index (χ4n) is 3.56. The number of aryl methyl sites for hydroxylation is 3. The summed E-state index contributed by atoms with van der Waals surface area (Å²) >= 11 is 0. The molecule has 0 aliphatic heterocycles. The lowest BCUT2D eigenvalue weighted by Gasteiger charge is -2.20. The van der Waals surface area contributed by atoms with Crippen molar-refractivity contribution in [2.24, 2.45) is 0 Å². The van der Waals surface area contributed by atoms with Crippen LogP contribution in [0.5, 0.6) is 0 Å². The van der Waals surface area contributed by atoms with Gasteiger partial charge in [0.05, 0.1) is 6.10 Å². The van der Waals surface area contributed by atoms with Gasteiger partial charge in [-0.2, -0.15) is 0 Å². The first-order chi connectivity index (χ1) is 9.63. The summed E-state index contributed by atoms with van der Waals surface area (Å²) in [7, 11) is 0. The van der Waals surface area contributed by atoms with Crippen LogP contribution in [-0.4, -0.2) is 11.2 Å². The number of hydrogen-bond donors (Lipinski definition) is 1. The fraction of sp³-hybridized carbons (Fsp3) is 0.368. The van der Waals surface area contributed by atoms with Crippen LogP contribution in [0.3, 0.4) is 0 Å². The third-order valence-corrected chi connectivity index (χ3v) is 4.37. The molecule has 0 bridgehead atoms. The van der Waals surface area contributed by atoms with Gasteiger partial charge >= 0.3 is 0 Å². The van der Waals surface area contributed by atoms with Gasteiger partial charge in [0, 0.05) is 5.92 Å². The number of benzene rings is 2. The Morgan fingerprint density at radius 1 is 1.10 bits per heavy atom. The van der Waals surface area contributed by atoms with Crippen molar-refractivity contribution in [2.75, 3.05) is 0 Å². The molecule has 1 aliphatic carbocycles. The lowest BCUT2D eigenvalue weighted by Crippen LogP contribution is -2.19. The van der Waals surface area contributed by atoms with Crippen molar-refractivity contribution in [1.29, 1.82) is 0 Å². The maximum Gasteiger partial charge on any atom is 0.0649 e. The molecule has 1 nitrogen and oxygen atoms in total. The van der Waals surface area contributed by atoms with Gasteiger partial charge in [-0.05, 0) is 49.8 Å². The van der Waals surface area contributed by atoms with Crippen LogP contribution >= 0.6 is 0 Å². The average molecular weight is 266 g/mol. The SMILES string of the molecule is Cc1cc(C)cc(CC(O)C2CCc3ccccc32)c1. The highest BCUT2D eigenvalue weighted by atomic mass is 16.3. The van der Waals surface area contributed by atoms with Gasteiger partial charge in [0.25, 0.3) is 0 Å². The number of rotatable bonds is 3. The Labute approximate surface area is 121 Å². The zero-order valence-corrected chi connectivity index (χ0v) is 12.3. The Morgan fingerprint density at radius 2 is 1.80 bits per heavy atom. The summed E-state index contributed by atoms with van der Waals surface area (Å²) in [5.74, 6) is 0.298. The fourth-order valence-corrected chi connectivity index (χ4v) is 3.56. The van der Waals surface area contributed by atoms with Crippen LogP contribution in [0.25, 0.3) is 0 Å². The monoisotopic (exact) mass is 266 g/mol. The summed E-state index contributed by atoms with van der Waals surface area (Å²) in [6.45, 7) is 4.24. The molecule has 0 saturated carbocycles. The minimum absolute atomic E-state index is 0.278. The normalized spacial score (nSPS) is 18.9. The second-order valence-electron chi connectivity index (χ2n) is 6.11. The number of fused-ring (bicyclic) bond motifs is 1. The Balaban J connectivity index is 1.79. The molecule has 0 spiro atoms. The minimum atomic E-state index is -0.278. The summed E-state index contributed by atoms with van der Waals surface area (Å²) in [6.07, 6.45) is 2.65. The minimum Gasteiger partial charge on any atom is -0.392 e. The lowest BCUT2D eigenvalue weighted by molar-refractivity contribution is 0.143. The summed E-state index contributed by atoms with van der Waals surface area (Å²) in [5.41, 5.74) is 6.57. The first kappa shape index (κ1) is 13.4. The quantitative estimate of drug-likeness (QED) is 0.892. The average Bonchev–Trinajstić information content (AvgIpc) is 2.81. The maximum atomic E-state index is 10.6. The molecule has 1 heteroatoms. The van der Waals surface area contributed by atoms with E-state index in [4.69, 9.17) is 0 Å². The Bertz CT molecular complexity index is 595. The van der Waals surface area contributed by atoms with Gasteiger partial charge in [-0.3, -0.25) is 0 Å². The van der Waals surface area contributed by atoms with E-state index in [1.807, 2.05) is 0 Å². The van der Waals surface area contributed by atoms with E-state index in [0.717, 1.165) is 19.3 Å². The van der Waals surface area contributed by atoms with Crippen LogP contribution in [0.4, 0.5) is 0 Å². The van der Waals surface area contributed by atoms with Crippen molar-refractivity contribution >= 4 is 0 Å². The van der Waals surface area contributed by atoms with E-state index in [1.165, 1.54) is 27.8 Å².